The summed E-state index contributed by atoms with van der Waals surface area (Å²) in [6, 6.07) is 10.1. The van der Waals surface area contributed by atoms with Crippen LogP contribution in [-0.4, -0.2) is 0 Å². The van der Waals surface area contributed by atoms with Crippen molar-refractivity contribution in [1.82, 2.24) is 0 Å². The predicted octanol–water partition coefficient (Wildman–Crippen LogP) is 4.42. The van der Waals surface area contributed by atoms with Crippen LogP contribution >= 0.6 is 0 Å². The number of hydrogen-bond acceptors (Lipinski definition) is 1. The Hall–Kier alpha value is -1.81. The van der Waals surface area contributed by atoms with E-state index in [1.807, 2.05) is 12.1 Å². The highest BCUT2D eigenvalue weighted by Gasteiger charge is 2.25. The molecule has 1 aromatic rings. The maximum absolute atomic E-state index is 8.85. The van der Waals surface area contributed by atoms with Gasteiger partial charge in [-0.3, -0.25) is 0 Å². The Balaban J connectivity index is 2.38. The summed E-state index contributed by atoms with van der Waals surface area (Å²) in [5, 5.41) is 8.85. The Morgan fingerprint density at radius 3 is 2.39 bits per heavy atom. The lowest BCUT2D eigenvalue weighted by Gasteiger charge is -2.31. The van der Waals surface area contributed by atoms with E-state index in [0.29, 0.717) is 17.8 Å². The quantitative estimate of drug-likeness (QED) is 0.747. The van der Waals surface area contributed by atoms with Crippen LogP contribution in [0.2, 0.25) is 0 Å². The minimum Gasteiger partial charge on any atom is -0.192 e. The third-order valence-corrected chi connectivity index (χ3v) is 3.68. The molecule has 0 spiro atoms. The molecule has 0 saturated carbocycles. The molecule has 0 amide bonds. The first kappa shape index (κ1) is 12.6. The van der Waals surface area contributed by atoms with Gasteiger partial charge in [0.15, 0.2) is 0 Å². The monoisotopic (exact) mass is 237 g/mol. The number of benzene rings is 1. The molecule has 0 saturated heterocycles. The van der Waals surface area contributed by atoms with Crippen molar-refractivity contribution in [1.29, 1.82) is 5.26 Å². The average Bonchev–Trinajstić information content (AvgIpc) is 2.38. The van der Waals surface area contributed by atoms with Crippen molar-refractivity contribution in [3.63, 3.8) is 0 Å². The lowest BCUT2D eigenvalue weighted by atomic mass is 9.74. The molecule has 18 heavy (non-hydrogen) atoms. The van der Waals surface area contributed by atoms with Crippen LogP contribution < -0.4 is 0 Å². The first-order chi connectivity index (χ1) is 8.63. The molecule has 1 aliphatic rings. The minimum atomic E-state index is 0.558. The van der Waals surface area contributed by atoms with Crippen LogP contribution in [0.15, 0.2) is 42.5 Å². The Labute approximate surface area is 109 Å². The highest BCUT2D eigenvalue weighted by atomic mass is 14.3. The highest BCUT2D eigenvalue weighted by molar-refractivity contribution is 5.71. The summed E-state index contributed by atoms with van der Waals surface area (Å²) in [4.78, 5) is 0. The van der Waals surface area contributed by atoms with Crippen molar-refractivity contribution in [3.8, 4) is 6.07 Å². The van der Waals surface area contributed by atoms with E-state index >= 15 is 0 Å². The maximum atomic E-state index is 8.85. The first-order valence-electron chi connectivity index (χ1n) is 6.52. The lowest BCUT2D eigenvalue weighted by Crippen LogP contribution is -2.20. The van der Waals surface area contributed by atoms with Crippen LogP contribution in [0.5, 0.6) is 0 Å². The largest absolute Gasteiger partial charge is 0.192 e. The number of rotatable bonds is 2. The van der Waals surface area contributed by atoms with Crippen molar-refractivity contribution in [2.75, 3.05) is 0 Å². The van der Waals surface area contributed by atoms with Gasteiger partial charge in [0.1, 0.15) is 0 Å². The van der Waals surface area contributed by atoms with Crippen molar-refractivity contribution >= 4 is 5.57 Å². The van der Waals surface area contributed by atoms with E-state index in [0.717, 1.165) is 5.56 Å². The van der Waals surface area contributed by atoms with Gasteiger partial charge in [-0.25, -0.2) is 0 Å². The Kier molecular flexibility index (Phi) is 3.67. The smallest absolute Gasteiger partial charge is 0.0991 e. The average molecular weight is 237 g/mol. The fraction of sp³-hybridized carbons (Fsp3) is 0.353. The van der Waals surface area contributed by atoms with Crippen LogP contribution in [-0.2, 0) is 0 Å². The van der Waals surface area contributed by atoms with E-state index in [-0.39, 0.29) is 0 Å². The first-order valence-corrected chi connectivity index (χ1v) is 6.52. The van der Waals surface area contributed by atoms with Gasteiger partial charge >= 0.3 is 0 Å². The molecule has 0 aromatic heterocycles. The van der Waals surface area contributed by atoms with Crippen molar-refractivity contribution in [2.45, 2.75) is 20.8 Å². The fourth-order valence-electron chi connectivity index (χ4n) is 2.84. The summed E-state index contributed by atoms with van der Waals surface area (Å²) in [6.45, 7) is 6.83. The SMILES string of the molecule is CC(C)C1C(c2ccc(C#N)cc2)=CC=CC1C. The molecule has 1 nitrogen and oxygen atoms in total. The minimum absolute atomic E-state index is 0.558. The summed E-state index contributed by atoms with van der Waals surface area (Å²) in [7, 11) is 0. The predicted molar refractivity (Wildman–Crippen MR) is 75.8 cm³/mol. The second kappa shape index (κ2) is 5.23. The van der Waals surface area contributed by atoms with E-state index in [1.165, 1.54) is 11.1 Å². The Morgan fingerprint density at radius 1 is 1.17 bits per heavy atom. The van der Waals surface area contributed by atoms with Gasteiger partial charge < -0.3 is 0 Å². The van der Waals surface area contributed by atoms with Gasteiger partial charge in [-0.05, 0) is 41.0 Å². The lowest BCUT2D eigenvalue weighted by molar-refractivity contribution is 0.394. The van der Waals surface area contributed by atoms with Gasteiger partial charge in [0.2, 0.25) is 0 Å². The zero-order valence-electron chi connectivity index (χ0n) is 11.2. The molecule has 0 aliphatic heterocycles. The van der Waals surface area contributed by atoms with Crippen LogP contribution in [0, 0.1) is 29.1 Å². The zero-order chi connectivity index (χ0) is 13.1. The molecule has 0 fully saturated rings. The number of allylic oxidation sites excluding steroid dienone is 4. The summed E-state index contributed by atoms with van der Waals surface area (Å²) in [5.41, 5.74) is 3.35. The molecular formula is C17H19N. The molecule has 0 N–H and O–H groups in total. The van der Waals surface area contributed by atoms with Crippen LogP contribution in [0.25, 0.3) is 5.57 Å². The van der Waals surface area contributed by atoms with Crippen LogP contribution in [0.1, 0.15) is 31.9 Å². The molecule has 1 heteroatoms. The van der Waals surface area contributed by atoms with Crippen molar-refractivity contribution < 1.29 is 0 Å². The fourth-order valence-corrected chi connectivity index (χ4v) is 2.84. The molecule has 2 unspecified atom stereocenters. The molecule has 92 valence electrons. The molecule has 0 bridgehead atoms. The van der Waals surface area contributed by atoms with Gasteiger partial charge in [0.25, 0.3) is 0 Å². The molecule has 0 radical (unpaired) electrons. The van der Waals surface area contributed by atoms with Crippen molar-refractivity contribution in [2.24, 2.45) is 17.8 Å². The van der Waals surface area contributed by atoms with Gasteiger partial charge in [-0.15, -0.1) is 0 Å². The maximum Gasteiger partial charge on any atom is 0.0991 e. The molecule has 1 aliphatic carbocycles. The third kappa shape index (κ3) is 2.38. The van der Waals surface area contributed by atoms with E-state index in [2.05, 4.69) is 57.2 Å². The molecule has 1 aromatic carbocycles. The summed E-state index contributed by atoms with van der Waals surface area (Å²) >= 11 is 0. The van der Waals surface area contributed by atoms with E-state index in [4.69, 9.17) is 5.26 Å². The van der Waals surface area contributed by atoms with Crippen molar-refractivity contribution in [3.05, 3.63) is 53.6 Å². The zero-order valence-corrected chi connectivity index (χ0v) is 11.2. The molecule has 0 heterocycles. The van der Waals surface area contributed by atoms with Crippen LogP contribution in [0.4, 0.5) is 0 Å². The van der Waals surface area contributed by atoms with E-state index < -0.39 is 0 Å². The molecule has 2 rings (SSSR count). The second-order valence-corrected chi connectivity index (χ2v) is 5.32. The number of nitriles is 1. The molecular weight excluding hydrogens is 218 g/mol. The standard InChI is InChI=1S/C17H19N/c1-12(2)17-13(3)5-4-6-16(17)15-9-7-14(11-18)8-10-15/h4-10,12-13,17H,1-3H3. The van der Waals surface area contributed by atoms with E-state index in [1.54, 1.807) is 0 Å². The molecule has 2 atom stereocenters. The summed E-state index contributed by atoms with van der Waals surface area (Å²) in [6.07, 6.45) is 6.64. The number of hydrogen-bond donors (Lipinski definition) is 0. The Bertz CT molecular complexity index is 512. The topological polar surface area (TPSA) is 23.8 Å². The summed E-state index contributed by atoms with van der Waals surface area (Å²) in [5.74, 6) is 1.75. The normalized spacial score (nSPS) is 22.7. The van der Waals surface area contributed by atoms with Gasteiger partial charge in [0.05, 0.1) is 11.6 Å². The summed E-state index contributed by atoms with van der Waals surface area (Å²) < 4.78 is 0. The highest BCUT2D eigenvalue weighted by Crippen LogP contribution is 2.38. The van der Waals surface area contributed by atoms with Gasteiger partial charge in [0, 0.05) is 0 Å². The second-order valence-electron chi connectivity index (χ2n) is 5.32. The third-order valence-electron chi connectivity index (χ3n) is 3.68. The van der Waals surface area contributed by atoms with E-state index in [9.17, 15) is 0 Å². The van der Waals surface area contributed by atoms with Crippen LogP contribution in [0.3, 0.4) is 0 Å². The number of nitrogens with zero attached hydrogens (tertiary/aromatic N) is 1. The van der Waals surface area contributed by atoms with Gasteiger partial charge in [-0.1, -0.05) is 51.1 Å². The van der Waals surface area contributed by atoms with Gasteiger partial charge in [-0.2, -0.15) is 5.26 Å². The Morgan fingerprint density at radius 2 is 1.83 bits per heavy atom.